The van der Waals surface area contributed by atoms with Gasteiger partial charge in [-0.05, 0) is 60.9 Å². The van der Waals surface area contributed by atoms with Crippen LogP contribution in [0.2, 0.25) is 0 Å². The van der Waals surface area contributed by atoms with E-state index >= 15 is 0 Å². The van der Waals surface area contributed by atoms with Gasteiger partial charge in [0, 0.05) is 42.5 Å². The number of carbonyl (C=O) groups is 1. The number of anilines is 4. The molecule has 0 saturated carbocycles. The summed E-state index contributed by atoms with van der Waals surface area (Å²) in [6.45, 7) is 0.564. The standard InChI is InChI=1S/C31H31N7O4S/c1-36-17-20-14-22(9-13-26(20)35-36)37-18-25-28(32-16-19-6-10-24(41-3)15-27(19)42-4)33-30(43-5)34-29(25)38(31(37)39)21-7-11-23(40-2)12-8-21/h6-15,17H,16,18H2,1-5H3,(H,32,33,34)/i2D3. The predicted molar refractivity (Wildman–Crippen MR) is 168 cm³/mol. The minimum atomic E-state index is -2.61. The molecule has 1 aliphatic heterocycles. The molecule has 0 fully saturated rings. The lowest BCUT2D eigenvalue weighted by Crippen LogP contribution is -2.46. The molecule has 11 nitrogen and oxygen atoms in total. The van der Waals surface area contributed by atoms with Gasteiger partial charge in [0.25, 0.3) is 0 Å². The molecule has 5 aromatic rings. The molecule has 6 rings (SSSR count). The quantitative estimate of drug-likeness (QED) is 0.161. The molecule has 3 heterocycles. The summed E-state index contributed by atoms with van der Waals surface area (Å²) in [5.74, 6) is 2.45. The average molecular weight is 601 g/mol. The van der Waals surface area contributed by atoms with Crippen molar-refractivity contribution in [2.75, 3.05) is 42.6 Å². The molecule has 220 valence electrons. The number of nitrogens with one attached hydrogen (secondary N) is 1. The van der Waals surface area contributed by atoms with E-state index in [-0.39, 0.29) is 18.3 Å². The van der Waals surface area contributed by atoms with Gasteiger partial charge < -0.3 is 19.5 Å². The maximum absolute atomic E-state index is 14.4. The Labute approximate surface area is 257 Å². The van der Waals surface area contributed by atoms with Crippen molar-refractivity contribution < 1.29 is 23.1 Å². The van der Waals surface area contributed by atoms with E-state index in [1.807, 2.05) is 55.9 Å². The van der Waals surface area contributed by atoms with Gasteiger partial charge in [0.1, 0.15) is 23.1 Å². The van der Waals surface area contributed by atoms with Crippen molar-refractivity contribution in [3.05, 3.63) is 78.0 Å². The van der Waals surface area contributed by atoms with Gasteiger partial charge in [0.2, 0.25) is 0 Å². The Morgan fingerprint density at radius 3 is 2.51 bits per heavy atom. The van der Waals surface area contributed by atoms with Gasteiger partial charge in [-0.3, -0.25) is 9.58 Å². The van der Waals surface area contributed by atoms with Crippen LogP contribution < -0.4 is 29.3 Å². The number of hydrogen-bond donors (Lipinski definition) is 1. The van der Waals surface area contributed by atoms with Crippen molar-refractivity contribution in [1.29, 1.82) is 0 Å². The number of urea groups is 1. The fourth-order valence-corrected chi connectivity index (χ4v) is 5.40. The molecule has 0 bridgehead atoms. The van der Waals surface area contributed by atoms with Crippen molar-refractivity contribution in [3.8, 4) is 17.2 Å². The van der Waals surface area contributed by atoms with Gasteiger partial charge in [0.15, 0.2) is 11.0 Å². The number of aromatic nitrogens is 4. The SMILES string of the molecule is [2H]C([2H])([2H])Oc1ccc(N2C(=O)N(c3ccc4nn(C)cc4c3)Cc3c(NCc4ccc(OC)cc4OC)nc(SC)nc32)cc1. The average Bonchev–Trinajstić information content (AvgIpc) is 3.42. The molecular weight excluding hydrogens is 566 g/mol. The lowest BCUT2D eigenvalue weighted by Gasteiger charge is -2.37. The number of fused-ring (bicyclic) bond motifs is 2. The zero-order valence-electron chi connectivity index (χ0n) is 27.0. The minimum absolute atomic E-state index is 0.149. The number of carbonyl (C=O) groups excluding carboxylic acids is 1. The molecule has 0 saturated heterocycles. The molecule has 1 aliphatic rings. The molecule has 0 unspecified atom stereocenters. The Bertz CT molecular complexity index is 1920. The second kappa shape index (κ2) is 11.7. The van der Waals surface area contributed by atoms with E-state index in [1.54, 1.807) is 35.9 Å². The van der Waals surface area contributed by atoms with Gasteiger partial charge in [-0.25, -0.2) is 19.7 Å². The lowest BCUT2D eigenvalue weighted by molar-refractivity contribution is 0.252. The van der Waals surface area contributed by atoms with Crippen molar-refractivity contribution in [1.82, 2.24) is 19.7 Å². The summed E-state index contributed by atoms with van der Waals surface area (Å²) in [7, 11) is 2.44. The second-order valence-electron chi connectivity index (χ2n) is 9.74. The molecule has 1 N–H and O–H groups in total. The fraction of sp³-hybridized carbons (Fsp3) is 0.226. The largest absolute Gasteiger partial charge is 0.497 e. The lowest BCUT2D eigenvalue weighted by atomic mass is 10.1. The summed E-state index contributed by atoms with van der Waals surface area (Å²) in [4.78, 5) is 27.1. The summed E-state index contributed by atoms with van der Waals surface area (Å²) < 4.78 is 40.0. The van der Waals surface area contributed by atoms with Crippen LogP contribution in [0.25, 0.3) is 10.9 Å². The molecule has 0 atom stereocenters. The third-order valence-electron chi connectivity index (χ3n) is 7.17. The Morgan fingerprint density at radius 1 is 0.977 bits per heavy atom. The number of methoxy groups -OCH3 is 3. The van der Waals surface area contributed by atoms with E-state index < -0.39 is 7.04 Å². The van der Waals surface area contributed by atoms with E-state index in [1.165, 1.54) is 28.8 Å². The zero-order chi connectivity index (χ0) is 32.6. The smallest absolute Gasteiger partial charge is 0.335 e. The molecule has 12 heteroatoms. The van der Waals surface area contributed by atoms with Gasteiger partial charge >= 0.3 is 6.03 Å². The normalized spacial score (nSPS) is 14.1. The van der Waals surface area contributed by atoms with E-state index in [4.69, 9.17) is 28.3 Å². The van der Waals surface area contributed by atoms with Gasteiger partial charge in [0.05, 0.1) is 48.7 Å². The van der Waals surface area contributed by atoms with Crippen LogP contribution in [0.3, 0.4) is 0 Å². The Kier molecular flexibility index (Phi) is 6.71. The molecular formula is C31H31N7O4S. The van der Waals surface area contributed by atoms with Gasteiger partial charge in [-0.1, -0.05) is 11.8 Å². The highest BCUT2D eigenvalue weighted by Crippen LogP contribution is 2.40. The number of aryl methyl sites for hydroxylation is 1. The summed E-state index contributed by atoms with van der Waals surface area (Å²) in [6.07, 6.45) is 3.76. The van der Waals surface area contributed by atoms with E-state index in [2.05, 4.69) is 10.4 Å². The first-order valence-corrected chi connectivity index (χ1v) is 14.5. The fourth-order valence-electron chi connectivity index (χ4n) is 5.04. The highest BCUT2D eigenvalue weighted by Gasteiger charge is 2.36. The highest BCUT2D eigenvalue weighted by molar-refractivity contribution is 7.98. The second-order valence-corrected chi connectivity index (χ2v) is 10.5. The van der Waals surface area contributed by atoms with Crippen LogP contribution in [0.5, 0.6) is 17.2 Å². The van der Waals surface area contributed by atoms with Crippen molar-refractivity contribution in [2.24, 2.45) is 7.05 Å². The summed E-state index contributed by atoms with van der Waals surface area (Å²) in [6, 6.07) is 17.2. The molecule has 0 aliphatic carbocycles. The molecule has 0 spiro atoms. The Morgan fingerprint density at radius 2 is 1.77 bits per heavy atom. The first-order valence-electron chi connectivity index (χ1n) is 14.8. The Balaban J connectivity index is 1.45. The van der Waals surface area contributed by atoms with Crippen molar-refractivity contribution in [3.63, 3.8) is 0 Å². The van der Waals surface area contributed by atoms with Gasteiger partial charge in [-0.2, -0.15) is 5.10 Å². The summed E-state index contributed by atoms with van der Waals surface area (Å²) >= 11 is 1.35. The minimum Gasteiger partial charge on any atom is -0.497 e. The monoisotopic (exact) mass is 600 g/mol. The first kappa shape index (κ1) is 24.6. The molecule has 2 aromatic heterocycles. The van der Waals surface area contributed by atoms with Crippen molar-refractivity contribution >= 4 is 51.7 Å². The molecule has 43 heavy (non-hydrogen) atoms. The number of amides is 2. The van der Waals surface area contributed by atoms with E-state index in [0.717, 1.165) is 16.5 Å². The molecule has 3 aromatic carbocycles. The Hall–Kier alpha value is -4.97. The van der Waals surface area contributed by atoms with E-state index in [0.29, 0.717) is 51.8 Å². The molecule has 0 radical (unpaired) electrons. The van der Waals surface area contributed by atoms with Crippen LogP contribution in [0.1, 0.15) is 15.2 Å². The van der Waals surface area contributed by atoms with Crippen LogP contribution in [-0.2, 0) is 20.1 Å². The number of ether oxygens (including phenoxy) is 3. The number of hydrogen-bond acceptors (Lipinski definition) is 9. The third kappa shape index (κ3) is 5.37. The van der Waals surface area contributed by atoms with Crippen LogP contribution in [-0.4, -0.2) is 53.3 Å². The number of rotatable bonds is 9. The molecule has 2 amide bonds. The zero-order valence-corrected chi connectivity index (χ0v) is 24.8. The topological polar surface area (TPSA) is 107 Å². The van der Waals surface area contributed by atoms with Crippen molar-refractivity contribution in [2.45, 2.75) is 18.2 Å². The maximum atomic E-state index is 14.4. The predicted octanol–water partition coefficient (Wildman–Crippen LogP) is 6.00. The van der Waals surface area contributed by atoms with Crippen LogP contribution >= 0.6 is 11.8 Å². The van der Waals surface area contributed by atoms with Gasteiger partial charge in [-0.15, -0.1) is 0 Å². The highest BCUT2D eigenvalue weighted by atomic mass is 32.2. The number of thioether (sulfide) groups is 1. The van der Waals surface area contributed by atoms with Crippen LogP contribution in [0, 0.1) is 0 Å². The van der Waals surface area contributed by atoms with Crippen LogP contribution in [0.15, 0.2) is 72.0 Å². The summed E-state index contributed by atoms with van der Waals surface area (Å²) in [5, 5.41) is 9.27. The number of benzene rings is 3. The van der Waals surface area contributed by atoms with Crippen LogP contribution in [0.4, 0.5) is 27.8 Å². The summed E-state index contributed by atoms with van der Waals surface area (Å²) in [5.41, 5.74) is 3.53. The third-order valence-corrected chi connectivity index (χ3v) is 7.71. The maximum Gasteiger partial charge on any atom is 0.335 e. The van der Waals surface area contributed by atoms with E-state index in [9.17, 15) is 4.79 Å². The number of nitrogens with zero attached hydrogens (tertiary/aromatic N) is 6. The first-order chi connectivity index (χ1) is 22.1.